The normalized spacial score (nSPS) is 12.4. The van der Waals surface area contributed by atoms with Crippen LogP contribution in [0.1, 0.15) is 26.3 Å². The molecule has 2 nitrogen and oxygen atoms in total. The minimum Gasteiger partial charge on any atom is -0.493 e. The summed E-state index contributed by atoms with van der Waals surface area (Å²) in [6, 6.07) is 8.28. The zero-order valence-electron chi connectivity index (χ0n) is 10.6. The highest BCUT2D eigenvalue weighted by Crippen LogP contribution is 2.18. The van der Waals surface area contributed by atoms with E-state index < -0.39 is 0 Å². The van der Waals surface area contributed by atoms with Crippen molar-refractivity contribution in [1.29, 1.82) is 0 Å². The predicted octanol–water partition coefficient (Wildman–Crippen LogP) is 2.87. The van der Waals surface area contributed by atoms with E-state index in [1.807, 2.05) is 6.07 Å². The van der Waals surface area contributed by atoms with Crippen LogP contribution in [0.3, 0.4) is 0 Å². The highest BCUT2D eigenvalue weighted by molar-refractivity contribution is 5.33. The van der Waals surface area contributed by atoms with Crippen LogP contribution < -0.4 is 10.1 Å². The first-order valence-electron chi connectivity index (χ1n) is 6.19. The Hall–Kier alpha value is -1.02. The van der Waals surface area contributed by atoms with Crippen molar-refractivity contribution in [3.63, 3.8) is 0 Å². The van der Waals surface area contributed by atoms with Gasteiger partial charge in [0.15, 0.2) is 0 Å². The minimum atomic E-state index is 0.546. The first-order valence-corrected chi connectivity index (χ1v) is 6.19. The molecule has 1 aromatic rings. The van der Waals surface area contributed by atoms with Crippen molar-refractivity contribution in [3.8, 4) is 5.75 Å². The van der Waals surface area contributed by atoms with Gasteiger partial charge in [-0.1, -0.05) is 39.0 Å². The molecule has 1 aromatic carbocycles. The monoisotopic (exact) mass is 221 g/mol. The molecule has 1 unspecified atom stereocenters. The van der Waals surface area contributed by atoms with Crippen molar-refractivity contribution < 1.29 is 4.74 Å². The Bertz CT molecular complexity index is 299. The van der Waals surface area contributed by atoms with Gasteiger partial charge in [0, 0.05) is 12.5 Å². The number of hydrogen-bond acceptors (Lipinski definition) is 2. The molecule has 0 heterocycles. The lowest BCUT2D eigenvalue weighted by Gasteiger charge is -2.15. The van der Waals surface area contributed by atoms with Crippen LogP contribution in [0, 0.1) is 5.92 Å². The average molecular weight is 221 g/mol. The van der Waals surface area contributed by atoms with E-state index in [0.717, 1.165) is 31.9 Å². The fourth-order valence-electron chi connectivity index (χ4n) is 1.62. The summed E-state index contributed by atoms with van der Waals surface area (Å²) in [7, 11) is 0. The van der Waals surface area contributed by atoms with Crippen LogP contribution >= 0.6 is 0 Å². The van der Waals surface area contributed by atoms with E-state index in [1.54, 1.807) is 0 Å². The smallest absolute Gasteiger partial charge is 0.122 e. The van der Waals surface area contributed by atoms with Gasteiger partial charge in [-0.2, -0.15) is 0 Å². The lowest BCUT2D eigenvalue weighted by atomic mass is 10.1. The zero-order chi connectivity index (χ0) is 11.8. The molecule has 0 aliphatic rings. The Morgan fingerprint density at radius 1 is 1.25 bits per heavy atom. The molecule has 0 aliphatic carbocycles. The second kappa shape index (κ2) is 7.29. The van der Waals surface area contributed by atoms with E-state index >= 15 is 0 Å². The van der Waals surface area contributed by atoms with Crippen molar-refractivity contribution in [2.24, 2.45) is 5.92 Å². The highest BCUT2D eigenvalue weighted by atomic mass is 16.5. The Kier molecular flexibility index (Phi) is 5.94. The fraction of sp³-hybridized carbons (Fsp3) is 0.571. The molecular formula is C14H23NO. The molecule has 0 saturated carbocycles. The van der Waals surface area contributed by atoms with Crippen LogP contribution in [0.15, 0.2) is 24.3 Å². The van der Waals surface area contributed by atoms with Gasteiger partial charge in [0.25, 0.3) is 0 Å². The van der Waals surface area contributed by atoms with Gasteiger partial charge in [-0.05, 0) is 24.6 Å². The van der Waals surface area contributed by atoms with Crippen molar-refractivity contribution in [3.05, 3.63) is 29.8 Å². The van der Waals surface area contributed by atoms with E-state index in [0.29, 0.717) is 5.92 Å². The van der Waals surface area contributed by atoms with Crippen molar-refractivity contribution in [2.75, 3.05) is 19.7 Å². The maximum atomic E-state index is 5.85. The number of aryl methyl sites for hydroxylation is 1. The molecule has 1 atom stereocenters. The van der Waals surface area contributed by atoms with Gasteiger partial charge >= 0.3 is 0 Å². The molecule has 0 bridgehead atoms. The Balaban J connectivity index is 2.41. The standard InChI is InChI=1S/C14H23NO/c1-4-13-8-6-7-9-14(13)16-11-12(3)10-15-5-2/h6-9,12,15H,4-5,10-11H2,1-3H3. The molecule has 0 amide bonds. The summed E-state index contributed by atoms with van der Waals surface area (Å²) in [5.41, 5.74) is 1.29. The molecule has 0 radical (unpaired) electrons. The summed E-state index contributed by atoms with van der Waals surface area (Å²) in [6.45, 7) is 9.31. The van der Waals surface area contributed by atoms with Crippen molar-refractivity contribution in [1.82, 2.24) is 5.32 Å². The van der Waals surface area contributed by atoms with Crippen LogP contribution in [-0.2, 0) is 6.42 Å². The number of benzene rings is 1. The van der Waals surface area contributed by atoms with Gasteiger partial charge in [-0.3, -0.25) is 0 Å². The first-order chi connectivity index (χ1) is 7.77. The molecule has 2 heteroatoms. The SMILES string of the molecule is CCNCC(C)COc1ccccc1CC. The van der Waals surface area contributed by atoms with E-state index in [1.165, 1.54) is 5.56 Å². The van der Waals surface area contributed by atoms with Crippen LogP contribution in [-0.4, -0.2) is 19.7 Å². The zero-order valence-corrected chi connectivity index (χ0v) is 10.6. The third kappa shape index (κ3) is 4.23. The van der Waals surface area contributed by atoms with E-state index in [-0.39, 0.29) is 0 Å². The van der Waals surface area contributed by atoms with E-state index in [2.05, 4.69) is 44.3 Å². The molecule has 1 rings (SSSR count). The first kappa shape index (κ1) is 13.0. The summed E-state index contributed by atoms with van der Waals surface area (Å²) in [5, 5.41) is 3.33. The minimum absolute atomic E-state index is 0.546. The van der Waals surface area contributed by atoms with Crippen LogP contribution in [0.2, 0.25) is 0 Å². The summed E-state index contributed by atoms with van der Waals surface area (Å²) in [4.78, 5) is 0. The predicted molar refractivity (Wildman–Crippen MR) is 69.0 cm³/mol. The van der Waals surface area contributed by atoms with Gasteiger partial charge in [0.2, 0.25) is 0 Å². The van der Waals surface area contributed by atoms with E-state index in [9.17, 15) is 0 Å². The third-order valence-corrected chi connectivity index (χ3v) is 2.62. The molecule has 90 valence electrons. The molecule has 0 aliphatic heterocycles. The van der Waals surface area contributed by atoms with Crippen LogP contribution in [0.5, 0.6) is 5.75 Å². The second-order valence-electron chi connectivity index (χ2n) is 4.19. The number of rotatable bonds is 7. The summed E-state index contributed by atoms with van der Waals surface area (Å²) in [6.07, 6.45) is 1.03. The van der Waals surface area contributed by atoms with Gasteiger partial charge in [0.1, 0.15) is 5.75 Å². The largest absolute Gasteiger partial charge is 0.493 e. The lowest BCUT2D eigenvalue weighted by Crippen LogP contribution is -2.24. The number of ether oxygens (including phenoxy) is 1. The van der Waals surface area contributed by atoms with Gasteiger partial charge in [0.05, 0.1) is 6.61 Å². The number of hydrogen-bond donors (Lipinski definition) is 1. The van der Waals surface area contributed by atoms with Crippen LogP contribution in [0.4, 0.5) is 0 Å². The summed E-state index contributed by atoms with van der Waals surface area (Å²) >= 11 is 0. The number of nitrogens with one attached hydrogen (secondary N) is 1. The topological polar surface area (TPSA) is 21.3 Å². The van der Waals surface area contributed by atoms with Gasteiger partial charge in [-0.15, -0.1) is 0 Å². The third-order valence-electron chi connectivity index (χ3n) is 2.62. The molecule has 1 N–H and O–H groups in total. The van der Waals surface area contributed by atoms with E-state index in [4.69, 9.17) is 4.74 Å². The summed E-state index contributed by atoms with van der Waals surface area (Å²) < 4.78 is 5.85. The van der Waals surface area contributed by atoms with Gasteiger partial charge < -0.3 is 10.1 Å². The van der Waals surface area contributed by atoms with Crippen molar-refractivity contribution in [2.45, 2.75) is 27.2 Å². The Labute approximate surface area is 99.0 Å². The maximum Gasteiger partial charge on any atom is 0.122 e. The quantitative estimate of drug-likeness (QED) is 0.764. The molecule has 0 fully saturated rings. The maximum absolute atomic E-state index is 5.85. The summed E-state index contributed by atoms with van der Waals surface area (Å²) in [5.74, 6) is 1.58. The molecular weight excluding hydrogens is 198 g/mol. The molecule has 0 saturated heterocycles. The number of para-hydroxylation sites is 1. The fourth-order valence-corrected chi connectivity index (χ4v) is 1.62. The molecule has 0 aromatic heterocycles. The second-order valence-corrected chi connectivity index (χ2v) is 4.19. The molecule has 16 heavy (non-hydrogen) atoms. The van der Waals surface area contributed by atoms with Crippen LogP contribution in [0.25, 0.3) is 0 Å². The average Bonchev–Trinajstić information content (AvgIpc) is 2.34. The lowest BCUT2D eigenvalue weighted by molar-refractivity contribution is 0.254. The van der Waals surface area contributed by atoms with Gasteiger partial charge in [-0.25, -0.2) is 0 Å². The highest BCUT2D eigenvalue weighted by Gasteiger charge is 2.04. The van der Waals surface area contributed by atoms with Crippen molar-refractivity contribution >= 4 is 0 Å². The Morgan fingerprint density at radius 3 is 2.69 bits per heavy atom. The molecule has 0 spiro atoms. The Morgan fingerprint density at radius 2 is 2.00 bits per heavy atom.